The van der Waals surface area contributed by atoms with E-state index >= 15 is 0 Å². The van der Waals surface area contributed by atoms with Gasteiger partial charge in [-0.1, -0.05) is 20.8 Å². The van der Waals surface area contributed by atoms with Gasteiger partial charge in [0.1, 0.15) is 0 Å². The number of rotatable bonds is 2. The molecule has 0 aromatic carbocycles. The summed E-state index contributed by atoms with van der Waals surface area (Å²) in [4.78, 5) is 2.50. The molecule has 0 radical (unpaired) electrons. The SMILES string of the molecule is CC(C)(C)c1ccc(C(Cl)c2ccoc2Br)s1. The topological polar surface area (TPSA) is 13.1 Å². The predicted octanol–water partition coefficient (Wildman–Crippen LogP) is 5.73. The molecule has 1 atom stereocenters. The van der Waals surface area contributed by atoms with Crippen LogP contribution in [0.4, 0.5) is 0 Å². The summed E-state index contributed by atoms with van der Waals surface area (Å²) in [6.45, 7) is 6.62. The molecular formula is C13H14BrClOS. The van der Waals surface area contributed by atoms with Crippen molar-refractivity contribution in [1.29, 1.82) is 0 Å². The maximum atomic E-state index is 6.46. The first kappa shape index (κ1) is 13.2. The molecule has 0 amide bonds. The van der Waals surface area contributed by atoms with E-state index < -0.39 is 0 Å². The Labute approximate surface area is 119 Å². The Morgan fingerprint density at radius 1 is 1.29 bits per heavy atom. The molecule has 4 heteroatoms. The van der Waals surface area contributed by atoms with Crippen molar-refractivity contribution in [2.24, 2.45) is 0 Å². The van der Waals surface area contributed by atoms with Crippen LogP contribution in [0.5, 0.6) is 0 Å². The lowest BCUT2D eigenvalue weighted by molar-refractivity contribution is 0.537. The van der Waals surface area contributed by atoms with Gasteiger partial charge < -0.3 is 4.42 Å². The van der Waals surface area contributed by atoms with Crippen molar-refractivity contribution in [2.75, 3.05) is 0 Å². The molecular weight excluding hydrogens is 320 g/mol. The molecule has 92 valence electrons. The van der Waals surface area contributed by atoms with Crippen molar-refractivity contribution < 1.29 is 4.42 Å². The van der Waals surface area contributed by atoms with Gasteiger partial charge in [-0.2, -0.15) is 0 Å². The smallest absolute Gasteiger partial charge is 0.173 e. The second-order valence-electron chi connectivity index (χ2n) is 4.96. The van der Waals surface area contributed by atoms with Crippen molar-refractivity contribution >= 4 is 38.9 Å². The van der Waals surface area contributed by atoms with Crippen molar-refractivity contribution in [1.82, 2.24) is 0 Å². The molecule has 1 unspecified atom stereocenters. The van der Waals surface area contributed by atoms with Gasteiger partial charge >= 0.3 is 0 Å². The van der Waals surface area contributed by atoms with Crippen LogP contribution in [0.15, 0.2) is 33.5 Å². The fraction of sp³-hybridized carbons (Fsp3) is 0.385. The third-order valence-corrected chi connectivity index (χ3v) is 5.36. The fourth-order valence-electron chi connectivity index (χ4n) is 1.53. The molecule has 17 heavy (non-hydrogen) atoms. The van der Waals surface area contributed by atoms with Crippen LogP contribution >= 0.6 is 38.9 Å². The summed E-state index contributed by atoms with van der Waals surface area (Å²) < 4.78 is 5.93. The largest absolute Gasteiger partial charge is 0.457 e. The molecule has 0 bridgehead atoms. The minimum Gasteiger partial charge on any atom is -0.457 e. The molecule has 1 nitrogen and oxygen atoms in total. The van der Waals surface area contributed by atoms with E-state index in [1.165, 1.54) is 4.88 Å². The third-order valence-electron chi connectivity index (χ3n) is 2.53. The lowest BCUT2D eigenvalue weighted by atomic mass is 9.95. The van der Waals surface area contributed by atoms with Crippen LogP contribution in [0.25, 0.3) is 0 Å². The number of alkyl halides is 1. The second kappa shape index (κ2) is 4.79. The zero-order valence-electron chi connectivity index (χ0n) is 9.96. The summed E-state index contributed by atoms with van der Waals surface area (Å²) in [5.41, 5.74) is 1.15. The van der Waals surface area contributed by atoms with E-state index in [1.54, 1.807) is 17.6 Å². The lowest BCUT2D eigenvalue weighted by Crippen LogP contribution is -2.07. The highest BCUT2D eigenvalue weighted by Gasteiger charge is 2.21. The second-order valence-corrected chi connectivity index (χ2v) is 7.24. The summed E-state index contributed by atoms with van der Waals surface area (Å²) in [6, 6.07) is 6.16. The zero-order valence-corrected chi connectivity index (χ0v) is 13.1. The minimum absolute atomic E-state index is 0.149. The molecule has 0 spiro atoms. The van der Waals surface area contributed by atoms with E-state index in [-0.39, 0.29) is 10.8 Å². The molecule has 2 heterocycles. The number of furan rings is 1. The van der Waals surface area contributed by atoms with E-state index in [2.05, 4.69) is 48.8 Å². The molecule has 0 fully saturated rings. The molecule has 2 rings (SSSR count). The first-order valence-corrected chi connectivity index (χ1v) is 7.41. The molecule has 2 aromatic heterocycles. The quantitative estimate of drug-likeness (QED) is 0.640. The van der Waals surface area contributed by atoms with Crippen molar-refractivity contribution in [3.63, 3.8) is 0 Å². The highest BCUT2D eigenvalue weighted by Crippen LogP contribution is 2.40. The standard InChI is InChI=1S/C13H14BrClOS/c1-13(2,3)10-5-4-9(17-10)11(15)8-6-7-16-12(8)14/h4-7,11H,1-3H3. The van der Waals surface area contributed by atoms with Crippen LogP contribution in [-0.2, 0) is 5.41 Å². The number of halogens is 2. The number of hydrogen-bond donors (Lipinski definition) is 0. The normalized spacial score (nSPS) is 13.9. The summed E-state index contributed by atoms with van der Waals surface area (Å²) in [5.74, 6) is 0. The molecule has 0 aliphatic heterocycles. The predicted molar refractivity (Wildman–Crippen MR) is 77.1 cm³/mol. The molecule has 0 aliphatic rings. The van der Waals surface area contributed by atoms with Crippen LogP contribution < -0.4 is 0 Å². The monoisotopic (exact) mass is 332 g/mol. The maximum Gasteiger partial charge on any atom is 0.173 e. The van der Waals surface area contributed by atoms with Crippen LogP contribution in [0, 0.1) is 0 Å². The molecule has 0 saturated carbocycles. The number of hydrogen-bond acceptors (Lipinski definition) is 2. The van der Waals surface area contributed by atoms with E-state index in [9.17, 15) is 0 Å². The molecule has 0 N–H and O–H groups in total. The first-order chi connectivity index (χ1) is 7.89. The van der Waals surface area contributed by atoms with E-state index in [4.69, 9.17) is 16.0 Å². The van der Waals surface area contributed by atoms with Gasteiger partial charge in [0.2, 0.25) is 0 Å². The van der Waals surface area contributed by atoms with Crippen molar-refractivity contribution in [3.05, 3.63) is 44.4 Å². The van der Waals surface area contributed by atoms with Gasteiger partial charge in [0.05, 0.1) is 11.6 Å². The van der Waals surface area contributed by atoms with Gasteiger partial charge in [-0.05, 0) is 39.5 Å². The Hall–Kier alpha value is -0.250. The molecule has 2 aromatic rings. The highest BCUT2D eigenvalue weighted by molar-refractivity contribution is 9.10. The Bertz CT molecular complexity index is 509. The fourth-order valence-corrected chi connectivity index (χ4v) is 3.57. The van der Waals surface area contributed by atoms with Crippen LogP contribution in [0.1, 0.15) is 41.5 Å². The number of thiophene rings is 1. The van der Waals surface area contributed by atoms with Crippen LogP contribution in [0.3, 0.4) is 0 Å². The van der Waals surface area contributed by atoms with Gasteiger partial charge in [-0.25, -0.2) is 0 Å². The first-order valence-electron chi connectivity index (χ1n) is 5.37. The van der Waals surface area contributed by atoms with Gasteiger partial charge in [-0.15, -0.1) is 22.9 Å². The van der Waals surface area contributed by atoms with E-state index in [0.717, 1.165) is 10.4 Å². The molecule has 0 aliphatic carbocycles. The third kappa shape index (κ3) is 2.78. The van der Waals surface area contributed by atoms with Crippen molar-refractivity contribution in [2.45, 2.75) is 31.6 Å². The maximum absolute atomic E-state index is 6.46. The lowest BCUT2D eigenvalue weighted by Gasteiger charge is -2.15. The zero-order chi connectivity index (χ0) is 12.6. The Morgan fingerprint density at radius 2 is 2.00 bits per heavy atom. The summed E-state index contributed by atoms with van der Waals surface area (Å²) >= 11 is 11.6. The van der Waals surface area contributed by atoms with Gasteiger partial charge in [0.15, 0.2) is 4.67 Å². The average molecular weight is 334 g/mol. The minimum atomic E-state index is -0.149. The summed E-state index contributed by atoms with van der Waals surface area (Å²) in [5, 5.41) is -0.149. The Balaban J connectivity index is 2.30. The highest BCUT2D eigenvalue weighted by atomic mass is 79.9. The summed E-state index contributed by atoms with van der Waals surface area (Å²) in [7, 11) is 0. The summed E-state index contributed by atoms with van der Waals surface area (Å²) in [6.07, 6.45) is 1.65. The average Bonchev–Trinajstić information content (AvgIpc) is 2.83. The van der Waals surface area contributed by atoms with Crippen molar-refractivity contribution in [3.8, 4) is 0 Å². The Kier molecular flexibility index (Phi) is 3.71. The van der Waals surface area contributed by atoms with Gasteiger partial charge in [0.25, 0.3) is 0 Å². The molecule has 0 saturated heterocycles. The van der Waals surface area contributed by atoms with Crippen LogP contribution in [0.2, 0.25) is 0 Å². The van der Waals surface area contributed by atoms with E-state index in [1.807, 2.05) is 6.07 Å². The van der Waals surface area contributed by atoms with Crippen LogP contribution in [-0.4, -0.2) is 0 Å². The van der Waals surface area contributed by atoms with E-state index in [0.29, 0.717) is 4.67 Å². The van der Waals surface area contributed by atoms with Gasteiger partial charge in [-0.3, -0.25) is 0 Å². The van der Waals surface area contributed by atoms with Gasteiger partial charge in [0, 0.05) is 15.3 Å². The Morgan fingerprint density at radius 3 is 2.47 bits per heavy atom.